The molecule has 0 aromatic heterocycles. The quantitative estimate of drug-likeness (QED) is 0.393. The van der Waals surface area contributed by atoms with Gasteiger partial charge in [0.05, 0.1) is 25.8 Å². The van der Waals surface area contributed by atoms with E-state index in [0.29, 0.717) is 19.8 Å². The molecule has 192 valence electrons. The number of nitriles is 1. The summed E-state index contributed by atoms with van der Waals surface area (Å²) in [5.41, 5.74) is -3.86. The van der Waals surface area contributed by atoms with Crippen LogP contribution in [0.15, 0.2) is 30.3 Å². The molecule has 8 nitrogen and oxygen atoms in total. The van der Waals surface area contributed by atoms with E-state index in [1.54, 1.807) is 0 Å². The van der Waals surface area contributed by atoms with Gasteiger partial charge in [0, 0.05) is 0 Å². The van der Waals surface area contributed by atoms with E-state index in [9.17, 15) is 33.1 Å². The third kappa shape index (κ3) is 7.65. The molecule has 3 rings (SSSR count). The monoisotopic (exact) mass is 496 g/mol. The first-order valence-electron chi connectivity index (χ1n) is 11.7. The summed E-state index contributed by atoms with van der Waals surface area (Å²) in [6, 6.07) is 6.48. The lowest BCUT2D eigenvalue weighted by Gasteiger charge is -2.31. The SMILES string of the molecule is N#CC(CC1CCNCOC1)NC(=O)C(CC1CC1)NC(=O)CC(O)(c1ccccc1)C(F)(F)F. The van der Waals surface area contributed by atoms with Crippen molar-refractivity contribution in [3.63, 3.8) is 0 Å². The van der Waals surface area contributed by atoms with Crippen molar-refractivity contribution in [1.29, 1.82) is 5.26 Å². The molecule has 0 radical (unpaired) electrons. The summed E-state index contributed by atoms with van der Waals surface area (Å²) in [5, 5.41) is 28.1. The van der Waals surface area contributed by atoms with Crippen LogP contribution in [0.25, 0.3) is 0 Å². The normalized spacial score (nSPS) is 22.1. The molecular formula is C24H31F3N4O4. The van der Waals surface area contributed by atoms with Crippen molar-refractivity contribution in [3.05, 3.63) is 35.9 Å². The largest absolute Gasteiger partial charge is 0.421 e. The Morgan fingerprint density at radius 1 is 1.14 bits per heavy atom. The lowest BCUT2D eigenvalue weighted by Crippen LogP contribution is -2.52. The summed E-state index contributed by atoms with van der Waals surface area (Å²) in [7, 11) is 0. The minimum atomic E-state index is -5.11. The summed E-state index contributed by atoms with van der Waals surface area (Å²) < 4.78 is 46.8. The number of alkyl halides is 3. The molecule has 35 heavy (non-hydrogen) atoms. The predicted molar refractivity (Wildman–Crippen MR) is 119 cm³/mol. The zero-order valence-corrected chi connectivity index (χ0v) is 19.3. The molecule has 0 spiro atoms. The molecule has 1 aliphatic heterocycles. The molecule has 2 fully saturated rings. The first-order valence-corrected chi connectivity index (χ1v) is 11.7. The second-order valence-electron chi connectivity index (χ2n) is 9.30. The standard InChI is InChI=1S/C24H31F3N4O4/c25-24(26,27)23(34,18-4-2-1-3-5-18)12-21(32)31-20(11-16-6-7-16)22(33)30-19(13-28)10-17-8-9-29-15-35-14-17/h1-5,16-17,19-20,29,34H,6-12,14-15H2,(H,30,33)(H,31,32). The highest BCUT2D eigenvalue weighted by molar-refractivity contribution is 5.88. The van der Waals surface area contributed by atoms with Gasteiger partial charge in [0.25, 0.3) is 0 Å². The van der Waals surface area contributed by atoms with Gasteiger partial charge in [-0.2, -0.15) is 18.4 Å². The van der Waals surface area contributed by atoms with E-state index in [4.69, 9.17) is 4.74 Å². The smallest absolute Gasteiger partial charge is 0.376 e. The Kier molecular flexibility index (Phi) is 9.10. The fourth-order valence-electron chi connectivity index (χ4n) is 4.17. The van der Waals surface area contributed by atoms with Crippen LogP contribution in [0.5, 0.6) is 0 Å². The molecule has 1 aliphatic carbocycles. The fourth-order valence-corrected chi connectivity index (χ4v) is 4.17. The van der Waals surface area contributed by atoms with Crippen molar-refractivity contribution < 1.29 is 32.6 Å². The van der Waals surface area contributed by atoms with Crippen LogP contribution in [0.1, 0.15) is 44.1 Å². The van der Waals surface area contributed by atoms with Gasteiger partial charge in [-0.3, -0.25) is 14.9 Å². The second kappa shape index (κ2) is 11.8. The van der Waals surface area contributed by atoms with Crippen molar-refractivity contribution in [2.24, 2.45) is 11.8 Å². The molecule has 11 heteroatoms. The Balaban J connectivity index is 1.66. The van der Waals surface area contributed by atoms with E-state index < -0.39 is 47.7 Å². The Bertz CT molecular complexity index is 896. The second-order valence-corrected chi connectivity index (χ2v) is 9.30. The minimum absolute atomic E-state index is 0.0547. The van der Waals surface area contributed by atoms with Crippen molar-refractivity contribution in [1.82, 2.24) is 16.0 Å². The van der Waals surface area contributed by atoms with Gasteiger partial charge in [0.15, 0.2) is 5.60 Å². The molecule has 0 bridgehead atoms. The van der Waals surface area contributed by atoms with Crippen LogP contribution in [-0.2, 0) is 19.9 Å². The van der Waals surface area contributed by atoms with E-state index in [1.165, 1.54) is 18.2 Å². The number of carbonyl (C=O) groups excluding carboxylic acids is 2. The first kappa shape index (κ1) is 26.9. The molecule has 1 saturated carbocycles. The van der Waals surface area contributed by atoms with Crippen molar-refractivity contribution in [2.75, 3.05) is 19.9 Å². The first-order chi connectivity index (χ1) is 16.6. The number of hydrogen-bond donors (Lipinski definition) is 4. The van der Waals surface area contributed by atoms with Gasteiger partial charge in [-0.1, -0.05) is 43.2 Å². The van der Waals surface area contributed by atoms with E-state index >= 15 is 0 Å². The van der Waals surface area contributed by atoms with Crippen molar-refractivity contribution in [2.45, 2.75) is 62.4 Å². The number of halogens is 3. The summed E-state index contributed by atoms with van der Waals surface area (Å²) in [6.07, 6.45) is -3.32. The molecule has 4 N–H and O–H groups in total. The molecule has 2 amide bonds. The highest BCUT2D eigenvalue weighted by atomic mass is 19.4. The lowest BCUT2D eigenvalue weighted by atomic mass is 9.89. The summed E-state index contributed by atoms with van der Waals surface area (Å²) in [6.45, 7) is 1.59. The van der Waals surface area contributed by atoms with Gasteiger partial charge >= 0.3 is 6.18 Å². The Labute approximate surface area is 202 Å². The van der Waals surface area contributed by atoms with Crippen LogP contribution in [0.3, 0.4) is 0 Å². The maximum atomic E-state index is 13.8. The minimum Gasteiger partial charge on any atom is -0.376 e. The number of aliphatic hydroxyl groups is 1. The molecular weight excluding hydrogens is 465 g/mol. The number of rotatable bonds is 10. The Morgan fingerprint density at radius 3 is 2.49 bits per heavy atom. The molecule has 4 atom stereocenters. The summed E-state index contributed by atoms with van der Waals surface area (Å²) >= 11 is 0. The number of nitrogens with zero attached hydrogens (tertiary/aromatic N) is 1. The molecule has 1 saturated heterocycles. The fraction of sp³-hybridized carbons (Fsp3) is 0.625. The van der Waals surface area contributed by atoms with Gasteiger partial charge in [0.1, 0.15) is 12.1 Å². The van der Waals surface area contributed by atoms with Crippen LogP contribution < -0.4 is 16.0 Å². The maximum Gasteiger partial charge on any atom is 0.421 e. The molecule has 1 heterocycles. The van der Waals surface area contributed by atoms with Crippen LogP contribution >= 0.6 is 0 Å². The van der Waals surface area contributed by atoms with Crippen LogP contribution in [0.2, 0.25) is 0 Å². The topological polar surface area (TPSA) is 123 Å². The number of benzene rings is 1. The van der Waals surface area contributed by atoms with E-state index in [1.807, 2.05) is 6.07 Å². The number of carbonyl (C=O) groups is 2. The number of hydrogen-bond acceptors (Lipinski definition) is 6. The Morgan fingerprint density at radius 2 is 1.86 bits per heavy atom. The van der Waals surface area contributed by atoms with Crippen LogP contribution in [-0.4, -0.2) is 55.1 Å². The lowest BCUT2D eigenvalue weighted by molar-refractivity contribution is -0.267. The molecule has 1 aromatic rings. The Hall–Kier alpha value is -2.68. The summed E-state index contributed by atoms with van der Waals surface area (Å²) in [5.74, 6) is -1.51. The van der Waals surface area contributed by atoms with E-state index in [2.05, 4.69) is 16.0 Å². The van der Waals surface area contributed by atoms with Gasteiger partial charge in [0.2, 0.25) is 11.8 Å². The number of nitrogens with one attached hydrogen (secondary N) is 3. The summed E-state index contributed by atoms with van der Waals surface area (Å²) in [4.78, 5) is 25.6. The van der Waals surface area contributed by atoms with E-state index in [0.717, 1.165) is 37.9 Å². The van der Waals surface area contributed by atoms with Crippen LogP contribution in [0, 0.1) is 23.2 Å². The zero-order chi connectivity index (χ0) is 25.5. The highest BCUT2D eigenvalue weighted by Crippen LogP contribution is 2.41. The van der Waals surface area contributed by atoms with Gasteiger partial charge < -0.3 is 20.5 Å². The van der Waals surface area contributed by atoms with Gasteiger partial charge in [-0.15, -0.1) is 0 Å². The molecule has 4 unspecified atom stereocenters. The number of ether oxygens (including phenoxy) is 1. The maximum absolute atomic E-state index is 13.8. The molecule has 2 aliphatic rings. The van der Waals surface area contributed by atoms with Gasteiger partial charge in [-0.25, -0.2) is 0 Å². The van der Waals surface area contributed by atoms with Crippen LogP contribution in [0.4, 0.5) is 13.2 Å². The highest BCUT2D eigenvalue weighted by Gasteiger charge is 2.56. The van der Waals surface area contributed by atoms with Crippen molar-refractivity contribution in [3.8, 4) is 6.07 Å². The van der Waals surface area contributed by atoms with E-state index in [-0.39, 0.29) is 18.3 Å². The predicted octanol–water partition coefficient (Wildman–Crippen LogP) is 2.09. The molecule has 1 aromatic carbocycles. The zero-order valence-electron chi connectivity index (χ0n) is 19.3. The van der Waals surface area contributed by atoms with Gasteiger partial charge in [-0.05, 0) is 43.2 Å². The number of amides is 2. The third-order valence-electron chi connectivity index (χ3n) is 6.38. The van der Waals surface area contributed by atoms with Crippen molar-refractivity contribution >= 4 is 11.8 Å². The third-order valence-corrected chi connectivity index (χ3v) is 6.38. The average molecular weight is 497 g/mol. The average Bonchev–Trinajstić information content (AvgIpc) is 3.65.